The lowest BCUT2D eigenvalue weighted by molar-refractivity contribution is -0.121. The molecule has 0 aliphatic rings. The molecule has 2 aromatic carbocycles. The van der Waals surface area contributed by atoms with Crippen LogP contribution in [0.5, 0.6) is 5.75 Å². The Morgan fingerprint density at radius 3 is 2.92 bits per heavy atom. The van der Waals surface area contributed by atoms with Crippen LogP contribution >= 0.6 is 22.9 Å². The summed E-state index contributed by atoms with van der Waals surface area (Å²) in [5.41, 5.74) is 2.00. The fourth-order valence-corrected chi connectivity index (χ4v) is 3.64. The highest BCUT2D eigenvalue weighted by Crippen LogP contribution is 2.22. The Bertz CT molecular complexity index is 861. The lowest BCUT2D eigenvalue weighted by Gasteiger charge is -2.08. The molecule has 26 heavy (non-hydrogen) atoms. The van der Waals surface area contributed by atoms with E-state index in [9.17, 15) is 4.79 Å². The number of rotatable bonds is 8. The lowest BCUT2D eigenvalue weighted by Crippen LogP contribution is -2.25. The predicted molar refractivity (Wildman–Crippen MR) is 107 cm³/mol. The number of aryl methyl sites for hydroxylation is 1. The number of benzene rings is 2. The van der Waals surface area contributed by atoms with Gasteiger partial charge in [0.2, 0.25) is 5.91 Å². The summed E-state index contributed by atoms with van der Waals surface area (Å²) < 4.78 is 6.84. The standard InChI is InChI=1S/C20H21ClN2O2S/c1-14-13-15(8-9-16(14)21)25-12-4-7-19(24)22-11-10-20-23-17-5-2-3-6-18(17)26-20/h2-3,5-6,8-9,13H,4,7,10-12H2,1H3,(H,22,24). The summed E-state index contributed by atoms with van der Waals surface area (Å²) in [6.07, 6.45) is 1.88. The van der Waals surface area contributed by atoms with Crippen LogP contribution in [0.1, 0.15) is 23.4 Å². The summed E-state index contributed by atoms with van der Waals surface area (Å²) in [6, 6.07) is 13.6. The van der Waals surface area contributed by atoms with Crippen LogP contribution in [0.3, 0.4) is 0 Å². The maximum atomic E-state index is 11.9. The molecular formula is C20H21ClN2O2S. The minimum Gasteiger partial charge on any atom is -0.494 e. The Hall–Kier alpha value is -2.11. The second-order valence-corrected chi connectivity index (χ2v) is 7.56. The van der Waals surface area contributed by atoms with Crippen molar-refractivity contribution in [3.8, 4) is 5.75 Å². The van der Waals surface area contributed by atoms with Crippen LogP contribution in [-0.4, -0.2) is 24.0 Å². The zero-order chi connectivity index (χ0) is 18.4. The van der Waals surface area contributed by atoms with Gasteiger partial charge >= 0.3 is 0 Å². The van der Waals surface area contributed by atoms with E-state index in [2.05, 4.69) is 16.4 Å². The highest BCUT2D eigenvalue weighted by Gasteiger charge is 2.05. The van der Waals surface area contributed by atoms with E-state index in [1.807, 2.05) is 43.3 Å². The molecular weight excluding hydrogens is 368 g/mol. The molecule has 3 rings (SSSR count). The maximum absolute atomic E-state index is 11.9. The summed E-state index contributed by atoms with van der Waals surface area (Å²) in [7, 11) is 0. The van der Waals surface area contributed by atoms with Crippen molar-refractivity contribution in [2.24, 2.45) is 0 Å². The van der Waals surface area contributed by atoms with Gasteiger partial charge in [-0.15, -0.1) is 11.3 Å². The smallest absolute Gasteiger partial charge is 0.220 e. The van der Waals surface area contributed by atoms with E-state index in [0.717, 1.165) is 33.3 Å². The molecule has 0 radical (unpaired) electrons. The Morgan fingerprint density at radius 1 is 1.27 bits per heavy atom. The summed E-state index contributed by atoms with van der Waals surface area (Å²) >= 11 is 7.67. The molecule has 0 aliphatic carbocycles. The Morgan fingerprint density at radius 2 is 2.12 bits per heavy atom. The first-order valence-electron chi connectivity index (χ1n) is 8.62. The van der Waals surface area contributed by atoms with Crippen LogP contribution in [0.4, 0.5) is 0 Å². The number of para-hydroxylation sites is 1. The van der Waals surface area contributed by atoms with Gasteiger partial charge in [0.25, 0.3) is 0 Å². The van der Waals surface area contributed by atoms with Gasteiger partial charge in [-0.1, -0.05) is 23.7 Å². The molecule has 1 N–H and O–H groups in total. The summed E-state index contributed by atoms with van der Waals surface area (Å²) in [6.45, 7) is 3.05. The third kappa shape index (κ3) is 5.19. The van der Waals surface area contributed by atoms with Crippen molar-refractivity contribution in [2.75, 3.05) is 13.2 Å². The van der Waals surface area contributed by atoms with Gasteiger partial charge in [0, 0.05) is 24.4 Å². The minimum absolute atomic E-state index is 0.0435. The second kappa shape index (κ2) is 9.01. The van der Waals surface area contributed by atoms with Crippen LogP contribution < -0.4 is 10.1 Å². The Labute approximate surface area is 162 Å². The molecule has 0 fully saturated rings. The average molecular weight is 389 g/mol. The number of carbonyl (C=O) groups excluding carboxylic acids is 1. The van der Waals surface area contributed by atoms with Crippen molar-refractivity contribution in [3.63, 3.8) is 0 Å². The second-order valence-electron chi connectivity index (χ2n) is 6.04. The quantitative estimate of drug-likeness (QED) is 0.565. The van der Waals surface area contributed by atoms with E-state index >= 15 is 0 Å². The number of hydrogen-bond donors (Lipinski definition) is 1. The molecule has 3 aromatic rings. The molecule has 136 valence electrons. The van der Waals surface area contributed by atoms with E-state index < -0.39 is 0 Å². The van der Waals surface area contributed by atoms with E-state index in [1.54, 1.807) is 11.3 Å². The molecule has 0 saturated heterocycles. The minimum atomic E-state index is 0.0435. The molecule has 0 atom stereocenters. The normalized spacial score (nSPS) is 10.8. The number of amides is 1. The molecule has 0 spiro atoms. The van der Waals surface area contributed by atoms with Gasteiger partial charge in [-0.25, -0.2) is 4.98 Å². The predicted octanol–water partition coefficient (Wildman–Crippen LogP) is 4.78. The van der Waals surface area contributed by atoms with Crippen molar-refractivity contribution in [1.82, 2.24) is 10.3 Å². The van der Waals surface area contributed by atoms with Crippen LogP contribution in [-0.2, 0) is 11.2 Å². The maximum Gasteiger partial charge on any atom is 0.220 e. The number of hydrogen-bond acceptors (Lipinski definition) is 4. The summed E-state index contributed by atoms with van der Waals surface area (Å²) in [5.74, 6) is 0.824. The topological polar surface area (TPSA) is 51.2 Å². The average Bonchev–Trinajstić information content (AvgIpc) is 3.04. The first kappa shape index (κ1) is 18.7. The summed E-state index contributed by atoms with van der Waals surface area (Å²) in [5, 5.41) is 4.72. The van der Waals surface area contributed by atoms with E-state index in [0.29, 0.717) is 26.0 Å². The van der Waals surface area contributed by atoms with Crippen molar-refractivity contribution in [3.05, 3.63) is 58.1 Å². The van der Waals surface area contributed by atoms with E-state index in [1.165, 1.54) is 4.70 Å². The van der Waals surface area contributed by atoms with Crippen LogP contribution in [0.15, 0.2) is 42.5 Å². The number of fused-ring (bicyclic) bond motifs is 1. The van der Waals surface area contributed by atoms with Crippen LogP contribution in [0.25, 0.3) is 10.2 Å². The fourth-order valence-electron chi connectivity index (χ4n) is 2.55. The fraction of sp³-hybridized carbons (Fsp3) is 0.300. The molecule has 0 saturated carbocycles. The molecule has 0 aliphatic heterocycles. The number of carbonyl (C=O) groups is 1. The molecule has 6 heteroatoms. The third-order valence-corrected chi connectivity index (χ3v) is 5.47. The van der Waals surface area contributed by atoms with Crippen molar-refractivity contribution in [1.29, 1.82) is 0 Å². The molecule has 1 amide bonds. The molecule has 4 nitrogen and oxygen atoms in total. The van der Waals surface area contributed by atoms with Gasteiger partial charge in [0.1, 0.15) is 5.75 Å². The molecule has 1 heterocycles. The first-order valence-corrected chi connectivity index (χ1v) is 9.81. The monoisotopic (exact) mass is 388 g/mol. The van der Waals surface area contributed by atoms with Crippen molar-refractivity contribution in [2.45, 2.75) is 26.2 Å². The number of ether oxygens (including phenoxy) is 1. The number of nitrogens with zero attached hydrogens (tertiary/aromatic N) is 1. The third-order valence-electron chi connectivity index (χ3n) is 3.95. The highest BCUT2D eigenvalue weighted by atomic mass is 35.5. The van der Waals surface area contributed by atoms with Gasteiger partial charge < -0.3 is 10.1 Å². The molecule has 0 bridgehead atoms. The number of aromatic nitrogens is 1. The number of halogens is 1. The Balaban J connectivity index is 1.33. The highest BCUT2D eigenvalue weighted by molar-refractivity contribution is 7.18. The van der Waals surface area contributed by atoms with Gasteiger partial charge in [0.05, 0.1) is 21.8 Å². The van der Waals surface area contributed by atoms with Gasteiger partial charge in [0.15, 0.2) is 0 Å². The zero-order valence-corrected chi connectivity index (χ0v) is 16.2. The zero-order valence-electron chi connectivity index (χ0n) is 14.6. The van der Waals surface area contributed by atoms with Gasteiger partial charge in [-0.2, -0.15) is 0 Å². The molecule has 0 unspecified atom stereocenters. The first-order chi connectivity index (χ1) is 12.6. The van der Waals surface area contributed by atoms with Gasteiger partial charge in [-0.3, -0.25) is 4.79 Å². The van der Waals surface area contributed by atoms with E-state index in [-0.39, 0.29) is 5.91 Å². The largest absolute Gasteiger partial charge is 0.494 e. The number of thiazole rings is 1. The Kier molecular flexibility index (Phi) is 6.47. The van der Waals surface area contributed by atoms with Gasteiger partial charge in [-0.05, 0) is 49.2 Å². The lowest BCUT2D eigenvalue weighted by atomic mass is 10.2. The molecule has 1 aromatic heterocycles. The van der Waals surface area contributed by atoms with Crippen molar-refractivity contribution < 1.29 is 9.53 Å². The summed E-state index contributed by atoms with van der Waals surface area (Å²) in [4.78, 5) is 16.5. The number of nitrogens with one attached hydrogen (secondary N) is 1. The van der Waals surface area contributed by atoms with E-state index in [4.69, 9.17) is 16.3 Å². The van der Waals surface area contributed by atoms with Crippen LogP contribution in [0, 0.1) is 6.92 Å². The van der Waals surface area contributed by atoms with Crippen LogP contribution in [0.2, 0.25) is 5.02 Å². The van der Waals surface area contributed by atoms with Crippen molar-refractivity contribution >= 4 is 39.1 Å². The SMILES string of the molecule is Cc1cc(OCCCC(=O)NCCc2nc3ccccc3s2)ccc1Cl.